The van der Waals surface area contributed by atoms with Crippen molar-refractivity contribution in [2.75, 3.05) is 13.2 Å². The van der Waals surface area contributed by atoms with Gasteiger partial charge < -0.3 is 10.1 Å². The van der Waals surface area contributed by atoms with Crippen LogP contribution in [0.3, 0.4) is 0 Å². The topological polar surface area (TPSA) is 52.0 Å². The van der Waals surface area contributed by atoms with Gasteiger partial charge in [-0.25, -0.2) is 4.68 Å². The molecule has 0 saturated heterocycles. The maximum absolute atomic E-state index is 5.71. The molecule has 0 bridgehead atoms. The minimum atomic E-state index is 0.574. The number of hydrogen-bond donors (Lipinski definition) is 1. The van der Waals surface area contributed by atoms with Gasteiger partial charge in [-0.1, -0.05) is 28.1 Å². The van der Waals surface area contributed by atoms with E-state index in [-0.39, 0.29) is 0 Å². The van der Waals surface area contributed by atoms with Gasteiger partial charge in [0.05, 0.1) is 12.2 Å². The summed E-state index contributed by atoms with van der Waals surface area (Å²) in [5, 5.41) is 11.4. The van der Waals surface area contributed by atoms with E-state index in [1.807, 2.05) is 31.3 Å². The maximum Gasteiger partial charge on any atom is 0.119 e. The summed E-state index contributed by atoms with van der Waals surface area (Å²) in [5.41, 5.74) is 2.11. The minimum absolute atomic E-state index is 0.574. The van der Waals surface area contributed by atoms with Crippen molar-refractivity contribution in [2.24, 2.45) is 0 Å². The lowest BCUT2D eigenvalue weighted by Gasteiger charge is -2.07. The largest absolute Gasteiger partial charge is 0.492 e. The number of aromatic nitrogens is 3. The third-order valence-electron chi connectivity index (χ3n) is 2.86. The van der Waals surface area contributed by atoms with Crippen LogP contribution in [0.4, 0.5) is 0 Å². The zero-order chi connectivity index (χ0) is 14.4. The van der Waals surface area contributed by atoms with Crippen LogP contribution in [-0.2, 0) is 13.1 Å². The van der Waals surface area contributed by atoms with Gasteiger partial charge in [0.25, 0.3) is 0 Å². The van der Waals surface area contributed by atoms with Gasteiger partial charge >= 0.3 is 0 Å². The van der Waals surface area contributed by atoms with Crippen LogP contribution >= 0.6 is 15.9 Å². The highest BCUT2D eigenvalue weighted by molar-refractivity contribution is 9.10. The van der Waals surface area contributed by atoms with Crippen molar-refractivity contribution in [1.82, 2.24) is 20.3 Å². The van der Waals surface area contributed by atoms with Gasteiger partial charge in [0.15, 0.2) is 0 Å². The Morgan fingerprint density at radius 1 is 1.40 bits per heavy atom. The van der Waals surface area contributed by atoms with Crippen molar-refractivity contribution in [1.29, 1.82) is 0 Å². The Balaban J connectivity index is 1.80. The Bertz CT molecular complexity index is 556. The van der Waals surface area contributed by atoms with Crippen molar-refractivity contribution in [3.63, 3.8) is 0 Å². The van der Waals surface area contributed by atoms with Gasteiger partial charge in [-0.15, -0.1) is 5.10 Å². The molecule has 108 valence electrons. The normalized spacial score (nSPS) is 10.8. The highest BCUT2D eigenvalue weighted by Gasteiger charge is 2.01. The molecule has 1 heterocycles. The first-order valence-electron chi connectivity index (χ1n) is 6.67. The summed E-state index contributed by atoms with van der Waals surface area (Å²) < 4.78 is 8.61. The van der Waals surface area contributed by atoms with E-state index in [0.29, 0.717) is 13.2 Å². The van der Waals surface area contributed by atoms with E-state index < -0.39 is 0 Å². The molecule has 1 N–H and O–H groups in total. The fourth-order valence-electron chi connectivity index (χ4n) is 1.75. The summed E-state index contributed by atoms with van der Waals surface area (Å²) in [6, 6.07) is 5.96. The summed E-state index contributed by atoms with van der Waals surface area (Å²) >= 11 is 3.47. The number of nitrogens with zero attached hydrogens (tertiary/aromatic N) is 3. The van der Waals surface area contributed by atoms with E-state index in [0.717, 1.165) is 34.6 Å². The first-order valence-corrected chi connectivity index (χ1v) is 7.47. The second-order valence-corrected chi connectivity index (χ2v) is 5.37. The third-order valence-corrected chi connectivity index (χ3v) is 3.75. The summed E-state index contributed by atoms with van der Waals surface area (Å²) in [7, 11) is 0. The molecule has 0 radical (unpaired) electrons. The molecule has 1 aromatic carbocycles. The summed E-state index contributed by atoms with van der Waals surface area (Å²) in [5.74, 6) is 0.874. The standard InChI is InChI=1S/C14H19BrN4O/c1-3-16-9-12-10-19(18-17-12)6-7-20-13-4-5-14(15)11(2)8-13/h4-5,8,10,16H,3,6-7,9H2,1-2H3. The van der Waals surface area contributed by atoms with Crippen LogP contribution in [0.1, 0.15) is 18.2 Å². The van der Waals surface area contributed by atoms with E-state index in [1.165, 1.54) is 0 Å². The molecule has 0 saturated carbocycles. The van der Waals surface area contributed by atoms with Crippen LogP contribution in [0.25, 0.3) is 0 Å². The van der Waals surface area contributed by atoms with Crippen molar-refractivity contribution in [3.8, 4) is 5.75 Å². The molecule has 2 rings (SSSR count). The molecule has 0 aliphatic carbocycles. The van der Waals surface area contributed by atoms with Gasteiger partial charge in [-0.2, -0.15) is 0 Å². The molecule has 0 amide bonds. The lowest BCUT2D eigenvalue weighted by Crippen LogP contribution is -2.12. The van der Waals surface area contributed by atoms with Crippen molar-refractivity contribution < 1.29 is 4.74 Å². The monoisotopic (exact) mass is 338 g/mol. The lowest BCUT2D eigenvalue weighted by molar-refractivity contribution is 0.289. The van der Waals surface area contributed by atoms with Crippen LogP contribution in [0, 0.1) is 6.92 Å². The molecule has 5 nitrogen and oxygen atoms in total. The van der Waals surface area contributed by atoms with Crippen molar-refractivity contribution in [3.05, 3.63) is 40.1 Å². The summed E-state index contributed by atoms with van der Waals surface area (Å²) in [6.07, 6.45) is 1.94. The fourth-order valence-corrected chi connectivity index (χ4v) is 1.99. The average Bonchev–Trinajstić information content (AvgIpc) is 2.88. The molecule has 0 aliphatic rings. The second kappa shape index (κ2) is 7.40. The van der Waals surface area contributed by atoms with Crippen LogP contribution < -0.4 is 10.1 Å². The van der Waals surface area contributed by atoms with E-state index >= 15 is 0 Å². The van der Waals surface area contributed by atoms with Crippen LogP contribution in [0.2, 0.25) is 0 Å². The quantitative estimate of drug-likeness (QED) is 0.842. The minimum Gasteiger partial charge on any atom is -0.492 e. The van der Waals surface area contributed by atoms with Gasteiger partial charge in [0.2, 0.25) is 0 Å². The lowest BCUT2D eigenvalue weighted by atomic mass is 10.2. The first-order chi connectivity index (χ1) is 9.69. The molecular weight excluding hydrogens is 320 g/mol. The molecular formula is C14H19BrN4O. The zero-order valence-corrected chi connectivity index (χ0v) is 13.4. The van der Waals surface area contributed by atoms with Gasteiger partial charge in [0.1, 0.15) is 12.4 Å². The Morgan fingerprint density at radius 3 is 3.00 bits per heavy atom. The van der Waals surface area contributed by atoms with E-state index in [4.69, 9.17) is 4.74 Å². The van der Waals surface area contributed by atoms with Crippen molar-refractivity contribution >= 4 is 15.9 Å². The third kappa shape index (κ3) is 4.31. The Labute approximate surface area is 127 Å². The van der Waals surface area contributed by atoms with Gasteiger partial charge in [0, 0.05) is 17.2 Å². The smallest absolute Gasteiger partial charge is 0.119 e. The number of halogens is 1. The maximum atomic E-state index is 5.71. The van der Waals surface area contributed by atoms with Crippen LogP contribution in [0.15, 0.2) is 28.9 Å². The van der Waals surface area contributed by atoms with Gasteiger partial charge in [-0.3, -0.25) is 0 Å². The average molecular weight is 339 g/mol. The molecule has 20 heavy (non-hydrogen) atoms. The highest BCUT2D eigenvalue weighted by atomic mass is 79.9. The Kier molecular flexibility index (Phi) is 5.55. The zero-order valence-electron chi connectivity index (χ0n) is 11.8. The number of nitrogens with one attached hydrogen (secondary N) is 1. The van der Waals surface area contributed by atoms with Crippen LogP contribution in [-0.4, -0.2) is 28.1 Å². The molecule has 2 aromatic rings. The summed E-state index contributed by atoms with van der Waals surface area (Å²) in [4.78, 5) is 0. The number of rotatable bonds is 7. The Hall–Kier alpha value is -1.40. The number of benzene rings is 1. The molecule has 0 spiro atoms. The number of ether oxygens (including phenoxy) is 1. The van der Waals surface area contributed by atoms with E-state index in [2.05, 4.69) is 38.5 Å². The van der Waals surface area contributed by atoms with E-state index in [9.17, 15) is 0 Å². The first kappa shape index (κ1) is 15.0. The molecule has 0 atom stereocenters. The SMILES string of the molecule is CCNCc1cn(CCOc2ccc(Br)c(C)c2)nn1. The fraction of sp³-hybridized carbons (Fsp3) is 0.429. The van der Waals surface area contributed by atoms with Gasteiger partial charge in [-0.05, 0) is 37.2 Å². The molecule has 0 fully saturated rings. The molecule has 1 aromatic heterocycles. The predicted octanol–water partition coefficient (Wildman–Crippen LogP) is 2.54. The molecule has 6 heteroatoms. The number of hydrogen-bond acceptors (Lipinski definition) is 4. The van der Waals surface area contributed by atoms with Crippen LogP contribution in [0.5, 0.6) is 5.75 Å². The van der Waals surface area contributed by atoms with Crippen molar-refractivity contribution in [2.45, 2.75) is 26.9 Å². The Morgan fingerprint density at radius 2 is 2.25 bits per heavy atom. The highest BCUT2D eigenvalue weighted by Crippen LogP contribution is 2.21. The molecule has 0 aliphatic heterocycles. The second-order valence-electron chi connectivity index (χ2n) is 4.51. The predicted molar refractivity (Wildman–Crippen MR) is 81.8 cm³/mol. The summed E-state index contributed by atoms with van der Waals surface area (Å²) in [6.45, 7) is 7.06. The van der Waals surface area contributed by atoms with E-state index in [1.54, 1.807) is 4.68 Å². The number of aryl methyl sites for hydroxylation is 1. The molecule has 0 unspecified atom stereocenters.